The van der Waals surface area contributed by atoms with Crippen LogP contribution in [0.15, 0.2) is 41.0 Å². The molecule has 0 saturated carbocycles. The van der Waals surface area contributed by atoms with Crippen molar-refractivity contribution < 1.29 is 4.74 Å². The van der Waals surface area contributed by atoms with Gasteiger partial charge in [0.15, 0.2) is 0 Å². The van der Waals surface area contributed by atoms with Gasteiger partial charge in [0.25, 0.3) is 0 Å². The molecular weight excluding hydrogens is 268 g/mol. The molecule has 0 aliphatic rings. The van der Waals surface area contributed by atoms with Crippen LogP contribution in [-0.2, 0) is 6.54 Å². The molecule has 16 heavy (non-hydrogen) atoms. The predicted octanol–water partition coefficient (Wildman–Crippen LogP) is 3.40. The van der Waals surface area contributed by atoms with E-state index in [1.807, 2.05) is 36.5 Å². The highest BCUT2D eigenvalue weighted by atomic mass is 79.9. The molecule has 2 rings (SSSR count). The molecule has 0 aliphatic carbocycles. The number of aromatic amines is 1. The molecule has 0 aliphatic heterocycles. The lowest BCUT2D eigenvalue weighted by atomic mass is 10.3. The summed E-state index contributed by atoms with van der Waals surface area (Å²) in [4.78, 5) is 3.15. The van der Waals surface area contributed by atoms with Crippen molar-refractivity contribution in [3.63, 3.8) is 0 Å². The van der Waals surface area contributed by atoms with Crippen LogP contribution < -0.4 is 10.1 Å². The minimum atomic E-state index is 0.770. The number of nitrogens with one attached hydrogen (secondary N) is 2. The molecule has 0 bridgehead atoms. The van der Waals surface area contributed by atoms with Crippen molar-refractivity contribution in [3.05, 3.63) is 46.7 Å². The maximum Gasteiger partial charge on any atom is 0.122 e. The number of hydrogen-bond donors (Lipinski definition) is 2. The summed E-state index contributed by atoms with van der Waals surface area (Å²) in [5.74, 6) is 0.836. The minimum Gasteiger partial charge on any atom is -0.497 e. The lowest BCUT2D eigenvalue weighted by Gasteiger charge is -2.08. The fourth-order valence-electron chi connectivity index (χ4n) is 1.46. The average molecular weight is 281 g/mol. The fourth-order valence-corrected chi connectivity index (χ4v) is 1.93. The molecule has 0 spiro atoms. The van der Waals surface area contributed by atoms with E-state index in [9.17, 15) is 0 Å². The van der Waals surface area contributed by atoms with E-state index in [0.717, 1.165) is 28.1 Å². The summed E-state index contributed by atoms with van der Waals surface area (Å²) >= 11 is 3.44. The Kier molecular flexibility index (Phi) is 3.51. The number of halogens is 1. The molecule has 2 N–H and O–H groups in total. The van der Waals surface area contributed by atoms with Crippen molar-refractivity contribution in [1.82, 2.24) is 4.98 Å². The Morgan fingerprint density at radius 1 is 1.38 bits per heavy atom. The van der Waals surface area contributed by atoms with Gasteiger partial charge in [0, 0.05) is 28.1 Å². The van der Waals surface area contributed by atoms with Gasteiger partial charge in [-0.3, -0.25) is 0 Å². The zero-order valence-corrected chi connectivity index (χ0v) is 10.5. The van der Waals surface area contributed by atoms with Crippen molar-refractivity contribution in [2.75, 3.05) is 12.4 Å². The van der Waals surface area contributed by atoms with Gasteiger partial charge in [0.05, 0.1) is 13.7 Å². The summed E-state index contributed by atoms with van der Waals surface area (Å²) in [5.41, 5.74) is 2.18. The number of benzene rings is 1. The van der Waals surface area contributed by atoms with E-state index in [1.165, 1.54) is 0 Å². The van der Waals surface area contributed by atoms with Gasteiger partial charge in [-0.2, -0.15) is 0 Å². The Balaban J connectivity index is 2.06. The Morgan fingerprint density at radius 2 is 2.25 bits per heavy atom. The smallest absolute Gasteiger partial charge is 0.122 e. The standard InChI is InChI=1S/C12H13BrN2O/c1-16-12-6-9(13)5-11(7-12)15-8-10-3-2-4-14-10/h2-7,14-15H,8H2,1H3. The first-order valence-corrected chi connectivity index (χ1v) is 5.78. The van der Waals surface area contributed by atoms with Crippen molar-refractivity contribution in [3.8, 4) is 5.75 Å². The van der Waals surface area contributed by atoms with Crippen LogP contribution in [0.25, 0.3) is 0 Å². The van der Waals surface area contributed by atoms with Gasteiger partial charge < -0.3 is 15.0 Å². The van der Waals surface area contributed by atoms with Crippen LogP contribution in [0.5, 0.6) is 5.75 Å². The Labute approximate surface area is 103 Å². The number of H-pyrrole nitrogens is 1. The third kappa shape index (κ3) is 2.79. The summed E-state index contributed by atoms with van der Waals surface area (Å²) in [7, 11) is 1.66. The molecule has 1 aromatic heterocycles. The van der Waals surface area contributed by atoms with Crippen LogP contribution >= 0.6 is 15.9 Å². The molecule has 0 unspecified atom stereocenters. The maximum absolute atomic E-state index is 5.19. The van der Waals surface area contributed by atoms with Crippen LogP contribution in [0.2, 0.25) is 0 Å². The van der Waals surface area contributed by atoms with Gasteiger partial charge in [-0.1, -0.05) is 15.9 Å². The van der Waals surface area contributed by atoms with Gasteiger partial charge in [-0.15, -0.1) is 0 Å². The third-order valence-electron chi connectivity index (χ3n) is 2.25. The summed E-state index contributed by atoms with van der Waals surface area (Å²) < 4.78 is 6.20. The topological polar surface area (TPSA) is 37.0 Å². The zero-order chi connectivity index (χ0) is 11.4. The molecule has 0 saturated heterocycles. The van der Waals surface area contributed by atoms with Gasteiger partial charge in [0.1, 0.15) is 5.75 Å². The van der Waals surface area contributed by atoms with Crippen LogP contribution in [-0.4, -0.2) is 12.1 Å². The Morgan fingerprint density at radius 3 is 2.94 bits per heavy atom. The molecule has 1 aromatic carbocycles. The fraction of sp³-hybridized carbons (Fsp3) is 0.167. The summed E-state index contributed by atoms with van der Waals surface area (Å²) in [5, 5.41) is 3.32. The van der Waals surface area contributed by atoms with E-state index in [1.54, 1.807) is 7.11 Å². The second kappa shape index (κ2) is 5.07. The third-order valence-corrected chi connectivity index (χ3v) is 2.71. The van der Waals surface area contributed by atoms with Crippen molar-refractivity contribution >= 4 is 21.6 Å². The minimum absolute atomic E-state index is 0.770. The quantitative estimate of drug-likeness (QED) is 0.901. The lowest BCUT2D eigenvalue weighted by molar-refractivity contribution is 0.414. The molecule has 84 valence electrons. The Hall–Kier alpha value is -1.42. The number of hydrogen-bond acceptors (Lipinski definition) is 2. The number of anilines is 1. The number of methoxy groups -OCH3 is 1. The van der Waals surface area contributed by atoms with Crippen LogP contribution in [0.3, 0.4) is 0 Å². The molecule has 2 aromatic rings. The maximum atomic E-state index is 5.19. The molecule has 0 amide bonds. The van der Waals surface area contributed by atoms with Crippen LogP contribution in [0.1, 0.15) is 5.69 Å². The zero-order valence-electron chi connectivity index (χ0n) is 8.96. The van der Waals surface area contributed by atoms with Crippen molar-refractivity contribution in [2.45, 2.75) is 6.54 Å². The van der Waals surface area contributed by atoms with Gasteiger partial charge in [0.2, 0.25) is 0 Å². The molecule has 0 fully saturated rings. The van der Waals surface area contributed by atoms with E-state index in [-0.39, 0.29) is 0 Å². The molecule has 0 atom stereocenters. The van der Waals surface area contributed by atoms with Crippen LogP contribution in [0, 0.1) is 0 Å². The molecule has 4 heteroatoms. The molecule has 1 heterocycles. The summed E-state index contributed by atoms with van der Waals surface area (Å²) in [6.07, 6.45) is 1.92. The monoisotopic (exact) mass is 280 g/mol. The summed E-state index contributed by atoms with van der Waals surface area (Å²) in [6, 6.07) is 9.94. The number of rotatable bonds is 4. The highest BCUT2D eigenvalue weighted by Crippen LogP contribution is 2.24. The Bertz CT molecular complexity index is 454. The van der Waals surface area contributed by atoms with Gasteiger partial charge in [-0.05, 0) is 24.3 Å². The van der Waals surface area contributed by atoms with E-state index >= 15 is 0 Å². The van der Waals surface area contributed by atoms with Crippen LogP contribution in [0.4, 0.5) is 5.69 Å². The summed E-state index contributed by atoms with van der Waals surface area (Å²) in [6.45, 7) is 0.770. The second-order valence-corrected chi connectivity index (χ2v) is 4.34. The predicted molar refractivity (Wildman–Crippen MR) is 68.8 cm³/mol. The van der Waals surface area contributed by atoms with E-state index in [2.05, 4.69) is 26.2 Å². The van der Waals surface area contributed by atoms with E-state index in [0.29, 0.717) is 0 Å². The second-order valence-electron chi connectivity index (χ2n) is 3.43. The van der Waals surface area contributed by atoms with Gasteiger partial charge >= 0.3 is 0 Å². The largest absolute Gasteiger partial charge is 0.497 e. The first-order chi connectivity index (χ1) is 7.78. The van der Waals surface area contributed by atoms with E-state index in [4.69, 9.17) is 4.74 Å². The normalized spacial score (nSPS) is 10.1. The lowest BCUT2D eigenvalue weighted by Crippen LogP contribution is -1.99. The molecule has 3 nitrogen and oxygen atoms in total. The number of aromatic nitrogens is 1. The van der Waals surface area contributed by atoms with Crippen molar-refractivity contribution in [1.29, 1.82) is 0 Å². The van der Waals surface area contributed by atoms with Gasteiger partial charge in [-0.25, -0.2) is 0 Å². The first-order valence-electron chi connectivity index (χ1n) is 4.98. The SMILES string of the molecule is COc1cc(Br)cc(NCc2ccc[nH]2)c1. The highest BCUT2D eigenvalue weighted by molar-refractivity contribution is 9.10. The average Bonchev–Trinajstić information content (AvgIpc) is 2.78. The first kappa shape index (κ1) is 11.1. The number of ether oxygens (including phenoxy) is 1. The molecular formula is C12H13BrN2O. The molecule has 0 radical (unpaired) electrons. The highest BCUT2D eigenvalue weighted by Gasteiger charge is 1.99. The van der Waals surface area contributed by atoms with E-state index < -0.39 is 0 Å². The van der Waals surface area contributed by atoms with Crippen molar-refractivity contribution in [2.24, 2.45) is 0 Å².